The molecule has 1 atom stereocenters. The number of hydrogen-bond acceptors (Lipinski definition) is 3. The number of hydrogen-bond donors (Lipinski definition) is 2. The van der Waals surface area contributed by atoms with Gasteiger partial charge in [0.25, 0.3) is 0 Å². The minimum Gasteiger partial charge on any atom is -0.495 e. The molecule has 0 aliphatic heterocycles. The van der Waals surface area contributed by atoms with E-state index in [0.29, 0.717) is 29.3 Å². The largest absolute Gasteiger partial charge is 0.495 e. The number of anilines is 1. The van der Waals surface area contributed by atoms with Crippen molar-refractivity contribution in [1.82, 2.24) is 4.90 Å². The summed E-state index contributed by atoms with van der Waals surface area (Å²) < 4.78 is 5.14. The number of rotatable bonds is 8. The summed E-state index contributed by atoms with van der Waals surface area (Å²) in [6, 6.07) is 16.3. The molecule has 0 saturated carbocycles. The molecule has 0 bridgehead atoms. The van der Waals surface area contributed by atoms with Gasteiger partial charge in [-0.2, -0.15) is 0 Å². The first-order chi connectivity index (χ1) is 12.5. The highest BCUT2D eigenvalue weighted by Crippen LogP contribution is 2.27. The Hall–Kier alpha value is -1.51. The number of methoxy groups -OCH3 is 1. The quantitative estimate of drug-likeness (QED) is 0.314. The zero-order chi connectivity index (χ0) is 18.9. The first-order valence-electron chi connectivity index (χ1n) is 8.64. The lowest BCUT2D eigenvalue weighted by atomic mass is 10.1. The van der Waals surface area contributed by atoms with Gasteiger partial charge < -0.3 is 15.8 Å². The monoisotopic (exact) mass is 502 g/mol. The first kappa shape index (κ1) is 23.5. The Morgan fingerprint density at radius 3 is 2.59 bits per heavy atom. The Kier molecular flexibility index (Phi) is 10.5. The molecule has 0 aliphatic rings. The number of guanidine groups is 1. The highest BCUT2D eigenvalue weighted by molar-refractivity contribution is 14.0. The molecule has 5 nitrogen and oxygen atoms in total. The van der Waals surface area contributed by atoms with Gasteiger partial charge >= 0.3 is 0 Å². The molecular formula is C20H28ClIN4O. The van der Waals surface area contributed by atoms with Gasteiger partial charge in [0.15, 0.2) is 5.96 Å². The van der Waals surface area contributed by atoms with Crippen LogP contribution in [0.15, 0.2) is 53.5 Å². The number of nitrogens with one attached hydrogen (secondary N) is 1. The van der Waals surface area contributed by atoms with Crippen molar-refractivity contribution >= 4 is 47.2 Å². The van der Waals surface area contributed by atoms with Gasteiger partial charge in [-0.3, -0.25) is 9.89 Å². The first-order valence-corrected chi connectivity index (χ1v) is 9.02. The third kappa shape index (κ3) is 7.94. The predicted molar refractivity (Wildman–Crippen MR) is 126 cm³/mol. The summed E-state index contributed by atoms with van der Waals surface area (Å²) in [6.45, 7) is 3.78. The molecule has 27 heavy (non-hydrogen) atoms. The summed E-state index contributed by atoms with van der Waals surface area (Å²) in [5.41, 5.74) is 8.06. The van der Waals surface area contributed by atoms with Gasteiger partial charge in [0, 0.05) is 24.8 Å². The van der Waals surface area contributed by atoms with E-state index in [1.807, 2.05) is 12.1 Å². The van der Waals surface area contributed by atoms with Crippen LogP contribution in [-0.2, 0) is 6.54 Å². The number of nitrogens with two attached hydrogens (primary N) is 1. The smallest absolute Gasteiger partial charge is 0.193 e. The van der Waals surface area contributed by atoms with Gasteiger partial charge in [-0.25, -0.2) is 0 Å². The van der Waals surface area contributed by atoms with Crippen LogP contribution >= 0.6 is 35.6 Å². The van der Waals surface area contributed by atoms with Gasteiger partial charge in [0.2, 0.25) is 0 Å². The van der Waals surface area contributed by atoms with Crippen LogP contribution in [0.4, 0.5) is 5.69 Å². The standard InChI is InChI=1S/C20H27ClN4O.HI/c1-15(25(2)14-16-7-5-4-6-8-16)11-12-23-20(22)24-17-9-10-19(26-3)18(21)13-17;/h4-10,13,15H,11-12,14H2,1-3H3,(H3,22,23,24);1H. The molecule has 148 valence electrons. The molecule has 3 N–H and O–H groups in total. The normalized spacial score (nSPS) is 12.4. The molecule has 7 heteroatoms. The molecule has 0 spiro atoms. The Bertz CT molecular complexity index is 727. The van der Waals surface area contributed by atoms with E-state index in [1.54, 1.807) is 19.2 Å². The minimum absolute atomic E-state index is 0. The van der Waals surface area contributed by atoms with Gasteiger partial charge in [-0.05, 0) is 44.2 Å². The number of halogens is 2. The van der Waals surface area contributed by atoms with Crippen molar-refractivity contribution in [3.8, 4) is 5.75 Å². The highest BCUT2D eigenvalue weighted by Gasteiger charge is 2.09. The number of nitrogens with zero attached hydrogens (tertiary/aromatic N) is 2. The summed E-state index contributed by atoms with van der Waals surface area (Å²) in [5.74, 6) is 1.01. The second kappa shape index (κ2) is 12.0. The van der Waals surface area contributed by atoms with E-state index in [-0.39, 0.29) is 24.0 Å². The van der Waals surface area contributed by atoms with Crippen LogP contribution in [-0.4, -0.2) is 37.6 Å². The lowest BCUT2D eigenvalue weighted by Crippen LogP contribution is -2.30. The number of benzene rings is 2. The van der Waals surface area contributed by atoms with Crippen molar-refractivity contribution in [3.63, 3.8) is 0 Å². The van der Waals surface area contributed by atoms with Crippen molar-refractivity contribution in [2.24, 2.45) is 10.7 Å². The van der Waals surface area contributed by atoms with E-state index in [4.69, 9.17) is 22.1 Å². The van der Waals surface area contributed by atoms with Crippen molar-refractivity contribution < 1.29 is 4.74 Å². The fourth-order valence-corrected chi connectivity index (χ4v) is 2.81. The Balaban J connectivity index is 0.00000364. The fourth-order valence-electron chi connectivity index (χ4n) is 2.55. The zero-order valence-corrected chi connectivity index (χ0v) is 19.1. The average Bonchev–Trinajstić information content (AvgIpc) is 2.62. The third-order valence-corrected chi connectivity index (χ3v) is 4.58. The maximum atomic E-state index is 6.11. The van der Waals surface area contributed by atoms with Crippen LogP contribution in [0.2, 0.25) is 5.02 Å². The van der Waals surface area contributed by atoms with Crippen LogP contribution in [0.5, 0.6) is 5.75 Å². The zero-order valence-electron chi connectivity index (χ0n) is 16.0. The molecule has 2 rings (SSSR count). The van der Waals surface area contributed by atoms with Gasteiger partial charge in [-0.15, -0.1) is 24.0 Å². The molecule has 0 heterocycles. The van der Waals surface area contributed by atoms with Crippen LogP contribution in [0.3, 0.4) is 0 Å². The Morgan fingerprint density at radius 1 is 1.26 bits per heavy atom. The fraction of sp³-hybridized carbons (Fsp3) is 0.350. The van der Waals surface area contributed by atoms with E-state index < -0.39 is 0 Å². The van der Waals surface area contributed by atoms with E-state index >= 15 is 0 Å². The Labute approximate surface area is 184 Å². The molecule has 0 fully saturated rings. The molecule has 0 radical (unpaired) electrons. The summed E-state index contributed by atoms with van der Waals surface area (Å²) in [6.07, 6.45) is 0.926. The second-order valence-corrected chi connectivity index (χ2v) is 6.69. The van der Waals surface area contributed by atoms with E-state index in [1.165, 1.54) is 5.56 Å². The van der Waals surface area contributed by atoms with E-state index in [0.717, 1.165) is 18.7 Å². The number of aliphatic imine (C=N–C) groups is 1. The molecule has 0 amide bonds. The lowest BCUT2D eigenvalue weighted by molar-refractivity contribution is 0.240. The predicted octanol–water partition coefficient (Wildman–Crippen LogP) is 4.60. The molecule has 2 aromatic rings. The Morgan fingerprint density at radius 2 is 1.96 bits per heavy atom. The van der Waals surface area contributed by atoms with Crippen LogP contribution in [0.25, 0.3) is 0 Å². The third-order valence-electron chi connectivity index (χ3n) is 4.28. The maximum Gasteiger partial charge on any atom is 0.193 e. The lowest BCUT2D eigenvalue weighted by Gasteiger charge is -2.24. The highest BCUT2D eigenvalue weighted by atomic mass is 127. The van der Waals surface area contributed by atoms with Crippen molar-refractivity contribution in [2.45, 2.75) is 25.9 Å². The SMILES string of the molecule is COc1ccc(NC(N)=NCCC(C)N(C)Cc2ccccc2)cc1Cl.I. The summed E-state index contributed by atoms with van der Waals surface area (Å²) in [7, 11) is 3.71. The van der Waals surface area contributed by atoms with Crippen LogP contribution < -0.4 is 15.8 Å². The minimum atomic E-state index is 0. The number of ether oxygens (including phenoxy) is 1. The van der Waals surface area contributed by atoms with Gasteiger partial charge in [0.05, 0.1) is 12.1 Å². The van der Waals surface area contributed by atoms with Crippen LogP contribution in [0, 0.1) is 0 Å². The molecule has 0 aromatic heterocycles. The summed E-state index contributed by atoms with van der Waals surface area (Å²) in [5, 5.41) is 3.58. The summed E-state index contributed by atoms with van der Waals surface area (Å²) in [4.78, 5) is 6.72. The topological polar surface area (TPSA) is 62.9 Å². The van der Waals surface area contributed by atoms with Crippen molar-refractivity contribution in [1.29, 1.82) is 0 Å². The molecule has 2 aromatic carbocycles. The van der Waals surface area contributed by atoms with Gasteiger partial charge in [0.1, 0.15) is 5.75 Å². The van der Waals surface area contributed by atoms with Crippen LogP contribution in [0.1, 0.15) is 18.9 Å². The average molecular weight is 503 g/mol. The maximum absolute atomic E-state index is 6.11. The molecular weight excluding hydrogens is 475 g/mol. The van der Waals surface area contributed by atoms with Crippen molar-refractivity contribution in [3.05, 3.63) is 59.1 Å². The summed E-state index contributed by atoms with van der Waals surface area (Å²) >= 11 is 6.11. The van der Waals surface area contributed by atoms with E-state index in [9.17, 15) is 0 Å². The molecule has 0 aliphatic carbocycles. The molecule has 1 unspecified atom stereocenters. The van der Waals surface area contributed by atoms with E-state index in [2.05, 4.69) is 53.4 Å². The van der Waals surface area contributed by atoms with Crippen molar-refractivity contribution in [2.75, 3.05) is 26.0 Å². The molecule has 0 saturated heterocycles. The second-order valence-electron chi connectivity index (χ2n) is 6.28. The van der Waals surface area contributed by atoms with Gasteiger partial charge in [-0.1, -0.05) is 41.9 Å².